The summed E-state index contributed by atoms with van der Waals surface area (Å²) in [5.41, 5.74) is 0.608. The topological polar surface area (TPSA) is 68.0 Å². The lowest BCUT2D eigenvalue weighted by molar-refractivity contribution is 0.0949. The van der Waals surface area contributed by atoms with Crippen LogP contribution in [0.25, 0.3) is 11.4 Å². The highest BCUT2D eigenvalue weighted by molar-refractivity contribution is 5.94. The van der Waals surface area contributed by atoms with Crippen molar-refractivity contribution in [1.82, 2.24) is 15.5 Å². The summed E-state index contributed by atoms with van der Waals surface area (Å²) in [6, 6.07) is 11.4. The maximum atomic E-state index is 13.5. The predicted molar refractivity (Wildman–Crippen MR) is 82.1 cm³/mol. The molecule has 0 aliphatic heterocycles. The number of hydrogen-bond acceptors (Lipinski definition) is 4. The van der Waals surface area contributed by atoms with Gasteiger partial charge in [-0.3, -0.25) is 4.79 Å². The van der Waals surface area contributed by atoms with E-state index < -0.39 is 11.7 Å². The van der Waals surface area contributed by atoms with E-state index in [1.165, 1.54) is 30.3 Å². The van der Waals surface area contributed by atoms with E-state index >= 15 is 0 Å². The molecule has 0 atom stereocenters. The van der Waals surface area contributed by atoms with Crippen molar-refractivity contribution >= 4 is 5.91 Å². The molecule has 122 valence electrons. The third kappa shape index (κ3) is 3.62. The Hall–Kier alpha value is -3.09. The van der Waals surface area contributed by atoms with Crippen molar-refractivity contribution in [2.45, 2.75) is 6.42 Å². The fourth-order valence-electron chi connectivity index (χ4n) is 2.10. The second-order valence-electron chi connectivity index (χ2n) is 5.00. The Morgan fingerprint density at radius 3 is 2.58 bits per heavy atom. The number of carbonyl (C=O) groups is 1. The van der Waals surface area contributed by atoms with Crippen molar-refractivity contribution < 1.29 is 18.1 Å². The minimum atomic E-state index is -0.577. The van der Waals surface area contributed by atoms with Gasteiger partial charge in [0.1, 0.15) is 11.6 Å². The van der Waals surface area contributed by atoms with E-state index in [4.69, 9.17) is 4.52 Å². The molecule has 0 fully saturated rings. The monoisotopic (exact) mass is 329 g/mol. The van der Waals surface area contributed by atoms with Gasteiger partial charge in [-0.1, -0.05) is 17.3 Å². The molecule has 24 heavy (non-hydrogen) atoms. The Balaban J connectivity index is 1.57. The largest absolute Gasteiger partial charge is 0.351 e. The molecule has 1 amide bonds. The molecule has 0 radical (unpaired) electrons. The van der Waals surface area contributed by atoms with Crippen molar-refractivity contribution in [3.05, 3.63) is 71.6 Å². The highest BCUT2D eigenvalue weighted by atomic mass is 19.1. The van der Waals surface area contributed by atoms with Crippen LogP contribution in [-0.2, 0) is 6.42 Å². The highest BCUT2D eigenvalue weighted by Gasteiger charge is 2.12. The lowest BCUT2D eigenvalue weighted by atomic mass is 10.2. The first-order valence-corrected chi connectivity index (χ1v) is 7.25. The molecule has 5 nitrogen and oxygen atoms in total. The Morgan fingerprint density at radius 1 is 1.08 bits per heavy atom. The minimum absolute atomic E-state index is 0.0185. The van der Waals surface area contributed by atoms with Gasteiger partial charge in [0, 0.05) is 18.5 Å². The average molecular weight is 329 g/mol. The van der Waals surface area contributed by atoms with Crippen LogP contribution in [0.3, 0.4) is 0 Å². The summed E-state index contributed by atoms with van der Waals surface area (Å²) < 4.78 is 31.4. The smallest absolute Gasteiger partial charge is 0.254 e. The molecule has 0 bridgehead atoms. The predicted octanol–water partition coefficient (Wildman–Crippen LogP) is 2.99. The number of nitrogens with zero attached hydrogens (tertiary/aromatic N) is 2. The number of benzene rings is 2. The van der Waals surface area contributed by atoms with Gasteiger partial charge in [-0.2, -0.15) is 4.98 Å². The number of amides is 1. The van der Waals surface area contributed by atoms with Gasteiger partial charge in [-0.25, -0.2) is 8.78 Å². The van der Waals surface area contributed by atoms with Crippen molar-refractivity contribution in [2.24, 2.45) is 0 Å². The standard InChI is InChI=1S/C17H13F2N3O2/c18-12-7-5-11(6-8-12)16-21-15(24-22-16)9-10-20-17(23)13-3-1-2-4-14(13)19/h1-8H,9-10H2,(H,20,23). The molecule has 0 saturated carbocycles. The van der Waals surface area contributed by atoms with Crippen LogP contribution in [-0.4, -0.2) is 22.6 Å². The molecule has 2 aromatic carbocycles. The number of aromatic nitrogens is 2. The highest BCUT2D eigenvalue weighted by Crippen LogP contribution is 2.16. The number of carbonyl (C=O) groups excluding carboxylic acids is 1. The van der Waals surface area contributed by atoms with E-state index in [9.17, 15) is 13.6 Å². The van der Waals surface area contributed by atoms with Gasteiger partial charge < -0.3 is 9.84 Å². The number of hydrogen-bond donors (Lipinski definition) is 1. The van der Waals surface area contributed by atoms with Gasteiger partial charge in [0.2, 0.25) is 11.7 Å². The third-order valence-corrected chi connectivity index (χ3v) is 3.31. The Kier molecular flexibility index (Phi) is 4.60. The van der Waals surface area contributed by atoms with E-state index in [1.807, 2.05) is 0 Å². The van der Waals surface area contributed by atoms with Gasteiger partial charge in [-0.05, 0) is 36.4 Å². The zero-order valence-corrected chi connectivity index (χ0v) is 12.5. The van der Waals surface area contributed by atoms with Gasteiger partial charge in [0.25, 0.3) is 5.91 Å². The van der Waals surface area contributed by atoms with Crippen LogP contribution in [0, 0.1) is 11.6 Å². The molecular weight excluding hydrogens is 316 g/mol. The van der Waals surface area contributed by atoms with Crippen LogP contribution in [0.4, 0.5) is 8.78 Å². The van der Waals surface area contributed by atoms with E-state index in [0.717, 1.165) is 0 Å². The third-order valence-electron chi connectivity index (χ3n) is 3.31. The van der Waals surface area contributed by atoms with Crippen LogP contribution in [0.5, 0.6) is 0 Å². The molecular formula is C17H13F2N3O2. The molecule has 3 aromatic rings. The normalized spacial score (nSPS) is 10.6. The first-order valence-electron chi connectivity index (χ1n) is 7.25. The van der Waals surface area contributed by atoms with Gasteiger partial charge >= 0.3 is 0 Å². The fraction of sp³-hybridized carbons (Fsp3) is 0.118. The van der Waals surface area contributed by atoms with Gasteiger partial charge in [0.05, 0.1) is 5.56 Å². The maximum absolute atomic E-state index is 13.5. The summed E-state index contributed by atoms with van der Waals surface area (Å²) in [5.74, 6) is -0.773. The van der Waals surface area contributed by atoms with Gasteiger partial charge in [0.15, 0.2) is 0 Å². The molecule has 1 N–H and O–H groups in total. The van der Waals surface area contributed by atoms with Crippen LogP contribution >= 0.6 is 0 Å². The summed E-state index contributed by atoms with van der Waals surface area (Å²) in [5, 5.41) is 6.39. The van der Waals surface area contributed by atoms with E-state index in [0.29, 0.717) is 23.7 Å². The zero-order chi connectivity index (χ0) is 16.9. The number of rotatable bonds is 5. The average Bonchev–Trinajstić information content (AvgIpc) is 3.04. The molecule has 0 saturated heterocycles. The second kappa shape index (κ2) is 6.99. The van der Waals surface area contributed by atoms with E-state index in [2.05, 4.69) is 15.5 Å². The maximum Gasteiger partial charge on any atom is 0.254 e. The summed E-state index contributed by atoms with van der Waals surface area (Å²) in [4.78, 5) is 16.0. The molecule has 0 unspecified atom stereocenters. The van der Waals surface area contributed by atoms with E-state index in [1.54, 1.807) is 18.2 Å². The zero-order valence-electron chi connectivity index (χ0n) is 12.5. The van der Waals surface area contributed by atoms with Crippen molar-refractivity contribution in [3.63, 3.8) is 0 Å². The lowest BCUT2D eigenvalue weighted by Gasteiger charge is -2.04. The molecule has 0 spiro atoms. The molecule has 7 heteroatoms. The molecule has 1 heterocycles. The van der Waals surface area contributed by atoms with Crippen LogP contribution < -0.4 is 5.32 Å². The molecule has 0 aliphatic carbocycles. The first kappa shape index (κ1) is 15.8. The Bertz CT molecular complexity index is 847. The molecule has 3 rings (SSSR count). The molecule has 1 aromatic heterocycles. The van der Waals surface area contributed by atoms with Crippen LogP contribution in [0.1, 0.15) is 16.2 Å². The Labute approximate surface area is 136 Å². The fourth-order valence-corrected chi connectivity index (χ4v) is 2.10. The SMILES string of the molecule is O=C(NCCc1nc(-c2ccc(F)cc2)no1)c1ccccc1F. The van der Waals surface area contributed by atoms with Gasteiger partial charge in [-0.15, -0.1) is 0 Å². The van der Waals surface area contributed by atoms with Crippen LogP contribution in [0.2, 0.25) is 0 Å². The summed E-state index contributed by atoms with van der Waals surface area (Å²) in [7, 11) is 0. The van der Waals surface area contributed by atoms with Crippen molar-refractivity contribution in [1.29, 1.82) is 0 Å². The minimum Gasteiger partial charge on any atom is -0.351 e. The van der Waals surface area contributed by atoms with Crippen molar-refractivity contribution in [3.8, 4) is 11.4 Å². The van der Waals surface area contributed by atoms with Crippen LogP contribution in [0.15, 0.2) is 53.1 Å². The quantitative estimate of drug-likeness (QED) is 0.781. The second-order valence-corrected chi connectivity index (χ2v) is 5.00. The summed E-state index contributed by atoms with van der Waals surface area (Å²) in [6.07, 6.45) is 0.300. The Morgan fingerprint density at radius 2 is 1.83 bits per heavy atom. The summed E-state index contributed by atoms with van der Waals surface area (Å²) >= 11 is 0. The number of nitrogens with one attached hydrogen (secondary N) is 1. The summed E-state index contributed by atoms with van der Waals surface area (Å²) in [6.45, 7) is 0.220. The number of halogens is 2. The van der Waals surface area contributed by atoms with Crippen molar-refractivity contribution in [2.75, 3.05) is 6.54 Å². The lowest BCUT2D eigenvalue weighted by Crippen LogP contribution is -2.26. The van der Waals surface area contributed by atoms with E-state index in [-0.39, 0.29) is 17.9 Å². The first-order chi connectivity index (χ1) is 11.6. The molecule has 0 aliphatic rings.